The van der Waals surface area contributed by atoms with Crippen molar-refractivity contribution in [2.45, 2.75) is 57.0 Å². The van der Waals surface area contributed by atoms with E-state index in [9.17, 15) is 4.79 Å². The van der Waals surface area contributed by atoms with Gasteiger partial charge in [0.1, 0.15) is 0 Å². The zero-order valence-electron chi connectivity index (χ0n) is 12.7. The molecule has 2 N–H and O–H groups in total. The fraction of sp³-hybridized carbons (Fsp3) is 0.938. The second kappa shape index (κ2) is 6.44. The van der Waals surface area contributed by atoms with Crippen molar-refractivity contribution in [3.8, 4) is 0 Å². The molecule has 4 heteroatoms. The first-order valence-electron chi connectivity index (χ1n) is 8.44. The third-order valence-corrected chi connectivity index (χ3v) is 5.58. The van der Waals surface area contributed by atoms with E-state index in [1.165, 1.54) is 51.6 Å². The number of carbonyl (C=O) groups excluding carboxylic acids is 1. The van der Waals surface area contributed by atoms with Crippen molar-refractivity contribution in [1.82, 2.24) is 15.5 Å². The standard InChI is InChI=1S/C16H29N3O/c1-19-8-6-12(7-9-19)11-17-16(20)15-10-13-4-2-3-5-14(13)18-15/h12-15,18H,2-11H2,1H3,(H,17,20). The van der Waals surface area contributed by atoms with Gasteiger partial charge < -0.3 is 15.5 Å². The van der Waals surface area contributed by atoms with Crippen molar-refractivity contribution in [3.63, 3.8) is 0 Å². The lowest BCUT2D eigenvalue weighted by atomic mass is 9.85. The Kier molecular flexibility index (Phi) is 4.61. The van der Waals surface area contributed by atoms with Gasteiger partial charge in [0.2, 0.25) is 5.91 Å². The van der Waals surface area contributed by atoms with Gasteiger partial charge in [-0.1, -0.05) is 12.8 Å². The largest absolute Gasteiger partial charge is 0.354 e. The van der Waals surface area contributed by atoms with E-state index >= 15 is 0 Å². The maximum Gasteiger partial charge on any atom is 0.237 e. The van der Waals surface area contributed by atoms with Crippen LogP contribution in [0.25, 0.3) is 0 Å². The average Bonchev–Trinajstić information content (AvgIpc) is 2.90. The van der Waals surface area contributed by atoms with Crippen molar-refractivity contribution >= 4 is 5.91 Å². The van der Waals surface area contributed by atoms with E-state index in [2.05, 4.69) is 22.6 Å². The summed E-state index contributed by atoms with van der Waals surface area (Å²) < 4.78 is 0. The molecule has 3 rings (SSSR count). The molecule has 3 fully saturated rings. The number of rotatable bonds is 3. The zero-order valence-corrected chi connectivity index (χ0v) is 12.7. The molecule has 0 spiro atoms. The second-order valence-electron chi connectivity index (χ2n) is 7.10. The number of nitrogens with zero attached hydrogens (tertiary/aromatic N) is 1. The quantitative estimate of drug-likeness (QED) is 0.820. The van der Waals surface area contributed by atoms with Crippen molar-refractivity contribution in [1.29, 1.82) is 0 Å². The summed E-state index contributed by atoms with van der Waals surface area (Å²) in [4.78, 5) is 14.7. The van der Waals surface area contributed by atoms with Crippen molar-refractivity contribution in [2.24, 2.45) is 11.8 Å². The summed E-state index contributed by atoms with van der Waals surface area (Å²) in [6.07, 6.45) is 8.77. The highest BCUT2D eigenvalue weighted by Crippen LogP contribution is 2.33. The molecule has 1 amide bonds. The fourth-order valence-electron chi connectivity index (χ4n) is 4.16. The molecular formula is C16H29N3O. The van der Waals surface area contributed by atoms with E-state index in [1.54, 1.807) is 0 Å². The predicted molar refractivity (Wildman–Crippen MR) is 80.5 cm³/mol. The van der Waals surface area contributed by atoms with E-state index in [0.717, 1.165) is 18.9 Å². The number of piperidine rings is 1. The van der Waals surface area contributed by atoms with Gasteiger partial charge in [0.25, 0.3) is 0 Å². The van der Waals surface area contributed by atoms with Crippen LogP contribution < -0.4 is 10.6 Å². The SMILES string of the molecule is CN1CCC(CNC(=O)C2CC3CCCCC3N2)CC1. The summed E-state index contributed by atoms with van der Waals surface area (Å²) in [5.41, 5.74) is 0. The molecule has 3 unspecified atom stereocenters. The van der Waals surface area contributed by atoms with Crippen LogP contribution in [-0.4, -0.2) is 49.6 Å². The third kappa shape index (κ3) is 3.34. The van der Waals surface area contributed by atoms with Crippen LogP contribution in [0, 0.1) is 11.8 Å². The molecule has 1 aliphatic carbocycles. The number of fused-ring (bicyclic) bond motifs is 1. The van der Waals surface area contributed by atoms with Crippen LogP contribution in [0.4, 0.5) is 0 Å². The Morgan fingerprint density at radius 1 is 1.20 bits per heavy atom. The highest BCUT2D eigenvalue weighted by Gasteiger charge is 2.38. The lowest BCUT2D eigenvalue weighted by Crippen LogP contribution is -2.45. The van der Waals surface area contributed by atoms with Gasteiger partial charge in [-0.05, 0) is 64.1 Å². The minimum Gasteiger partial charge on any atom is -0.354 e. The van der Waals surface area contributed by atoms with Crippen LogP contribution in [0.3, 0.4) is 0 Å². The molecule has 3 aliphatic rings. The van der Waals surface area contributed by atoms with Gasteiger partial charge in [-0.2, -0.15) is 0 Å². The highest BCUT2D eigenvalue weighted by molar-refractivity contribution is 5.82. The van der Waals surface area contributed by atoms with Crippen LogP contribution in [0.2, 0.25) is 0 Å². The van der Waals surface area contributed by atoms with Crippen LogP contribution in [0.5, 0.6) is 0 Å². The molecule has 0 bridgehead atoms. The molecule has 1 saturated carbocycles. The van der Waals surface area contributed by atoms with Crippen molar-refractivity contribution in [3.05, 3.63) is 0 Å². The van der Waals surface area contributed by atoms with Gasteiger partial charge in [-0.3, -0.25) is 4.79 Å². The predicted octanol–water partition coefficient (Wildman–Crippen LogP) is 1.37. The Morgan fingerprint density at radius 3 is 2.70 bits per heavy atom. The first-order chi connectivity index (χ1) is 9.72. The first-order valence-corrected chi connectivity index (χ1v) is 8.44. The number of hydrogen-bond acceptors (Lipinski definition) is 3. The molecule has 4 nitrogen and oxygen atoms in total. The van der Waals surface area contributed by atoms with Gasteiger partial charge in [-0.25, -0.2) is 0 Å². The summed E-state index contributed by atoms with van der Waals surface area (Å²) in [5.74, 6) is 1.68. The summed E-state index contributed by atoms with van der Waals surface area (Å²) in [6, 6.07) is 0.692. The normalized spacial score (nSPS) is 35.8. The van der Waals surface area contributed by atoms with Crippen LogP contribution in [0.1, 0.15) is 44.9 Å². The van der Waals surface area contributed by atoms with Gasteiger partial charge in [0, 0.05) is 12.6 Å². The van der Waals surface area contributed by atoms with Crippen LogP contribution >= 0.6 is 0 Å². The summed E-state index contributed by atoms with van der Waals surface area (Å²) >= 11 is 0. The fourth-order valence-corrected chi connectivity index (χ4v) is 4.16. The van der Waals surface area contributed by atoms with E-state index in [0.29, 0.717) is 12.0 Å². The third-order valence-electron chi connectivity index (χ3n) is 5.58. The van der Waals surface area contributed by atoms with E-state index < -0.39 is 0 Å². The molecule has 2 saturated heterocycles. The maximum absolute atomic E-state index is 12.3. The topological polar surface area (TPSA) is 44.4 Å². The molecule has 2 aliphatic heterocycles. The zero-order chi connectivity index (χ0) is 13.9. The molecular weight excluding hydrogens is 250 g/mol. The molecule has 3 atom stereocenters. The van der Waals surface area contributed by atoms with Gasteiger partial charge in [-0.15, -0.1) is 0 Å². The Bertz CT molecular complexity index is 325. The molecule has 0 aromatic heterocycles. The first kappa shape index (κ1) is 14.3. The Labute approximate surface area is 122 Å². The summed E-state index contributed by atoms with van der Waals surface area (Å²) in [7, 11) is 2.18. The van der Waals surface area contributed by atoms with E-state index in [-0.39, 0.29) is 11.9 Å². The number of nitrogens with one attached hydrogen (secondary N) is 2. The summed E-state index contributed by atoms with van der Waals surface area (Å²) in [6.45, 7) is 3.22. The molecule has 2 heterocycles. The van der Waals surface area contributed by atoms with Gasteiger partial charge in [0.05, 0.1) is 6.04 Å². The molecule has 20 heavy (non-hydrogen) atoms. The molecule has 0 aromatic rings. The minimum atomic E-state index is 0.0781. The number of likely N-dealkylation sites (tertiary alicyclic amines) is 1. The average molecular weight is 279 g/mol. The lowest BCUT2D eigenvalue weighted by molar-refractivity contribution is -0.123. The van der Waals surface area contributed by atoms with Crippen molar-refractivity contribution in [2.75, 3.05) is 26.7 Å². The number of carbonyl (C=O) groups is 1. The lowest BCUT2D eigenvalue weighted by Gasteiger charge is -2.29. The number of hydrogen-bond donors (Lipinski definition) is 2. The smallest absolute Gasteiger partial charge is 0.237 e. The Morgan fingerprint density at radius 2 is 1.95 bits per heavy atom. The van der Waals surface area contributed by atoms with Crippen LogP contribution in [0.15, 0.2) is 0 Å². The van der Waals surface area contributed by atoms with Crippen molar-refractivity contribution < 1.29 is 4.79 Å². The minimum absolute atomic E-state index is 0.0781. The van der Waals surface area contributed by atoms with E-state index in [1.807, 2.05) is 0 Å². The van der Waals surface area contributed by atoms with Gasteiger partial charge >= 0.3 is 0 Å². The highest BCUT2D eigenvalue weighted by atomic mass is 16.2. The van der Waals surface area contributed by atoms with Crippen LogP contribution in [-0.2, 0) is 4.79 Å². The molecule has 0 radical (unpaired) electrons. The second-order valence-corrected chi connectivity index (χ2v) is 7.10. The van der Waals surface area contributed by atoms with E-state index in [4.69, 9.17) is 0 Å². The molecule has 114 valence electrons. The number of amides is 1. The maximum atomic E-state index is 12.3. The molecule has 0 aromatic carbocycles. The van der Waals surface area contributed by atoms with Gasteiger partial charge in [0.15, 0.2) is 0 Å². The Balaban J connectivity index is 1.41. The monoisotopic (exact) mass is 279 g/mol. The Hall–Kier alpha value is -0.610. The summed E-state index contributed by atoms with van der Waals surface area (Å²) in [5, 5.41) is 6.77.